The number of allylic oxidation sites excluding steroid dienone is 2. The number of ketones is 2. The first-order valence-corrected chi connectivity index (χ1v) is 20.2. The topological polar surface area (TPSA) is 294 Å². The van der Waals surface area contributed by atoms with Gasteiger partial charge in [-0.3, -0.25) is 38.9 Å². The normalized spacial score (nSPS) is 15.4. The van der Waals surface area contributed by atoms with Gasteiger partial charge in [-0.15, -0.1) is 0 Å². The molecule has 4 aromatic rings. The highest BCUT2D eigenvalue weighted by Crippen LogP contribution is 2.38. The van der Waals surface area contributed by atoms with Crippen LogP contribution in [0.5, 0.6) is 11.5 Å². The maximum atomic E-state index is 13.8. The lowest BCUT2D eigenvalue weighted by molar-refractivity contribution is -0.108. The highest BCUT2D eigenvalue weighted by molar-refractivity contribution is 7.91. The molecule has 19 nitrogen and oxygen atoms in total. The molecule has 2 aliphatic carbocycles. The van der Waals surface area contributed by atoms with Crippen LogP contribution in [-0.4, -0.2) is 82.0 Å². The Morgan fingerprint density at radius 3 is 1.79 bits per heavy atom. The van der Waals surface area contributed by atoms with Gasteiger partial charge in [-0.25, -0.2) is 0 Å². The Labute approximate surface area is 323 Å². The number of anilines is 3. The summed E-state index contributed by atoms with van der Waals surface area (Å²) in [4.78, 5) is 37.7. The third kappa shape index (κ3) is 8.35. The largest absolute Gasteiger partial charge is 0.494 e. The second kappa shape index (κ2) is 15.2. The van der Waals surface area contributed by atoms with E-state index < -0.39 is 68.2 Å². The van der Waals surface area contributed by atoms with Crippen LogP contribution < -0.4 is 25.6 Å². The summed E-state index contributed by atoms with van der Waals surface area (Å²) in [5.74, 6) is -2.30. The lowest BCUT2D eigenvalue weighted by Gasteiger charge is -2.20. The average molecular weight is 838 g/mol. The molecule has 57 heavy (non-hydrogen) atoms. The molecular weight excluding hydrogens is 811 g/mol. The predicted octanol–water partition coefficient (Wildman–Crippen LogP) is 3.75. The van der Waals surface area contributed by atoms with Gasteiger partial charge in [0.25, 0.3) is 36.3 Å². The van der Waals surface area contributed by atoms with Gasteiger partial charge in [-0.05, 0) is 60.2 Å². The molecule has 4 aromatic carbocycles. The third-order valence-electron chi connectivity index (χ3n) is 8.34. The molecule has 22 heteroatoms. The van der Waals surface area contributed by atoms with E-state index in [0.29, 0.717) is 5.56 Å². The van der Waals surface area contributed by atoms with Gasteiger partial charge in [0.05, 0.1) is 24.0 Å². The number of fused-ring (bicyclic) bond motifs is 2. The summed E-state index contributed by atoms with van der Waals surface area (Å²) >= 11 is 0. The molecule has 0 fully saturated rings. The number of nitrogens with one attached hydrogen (secondary N) is 3. The number of nitrogens with zero attached hydrogens (tertiary/aromatic N) is 2. The first-order chi connectivity index (χ1) is 26.8. The number of methoxy groups -OCH3 is 2. The minimum atomic E-state index is -5.15. The molecule has 0 unspecified atom stereocenters. The number of hydrazone groups is 2. The highest BCUT2D eigenvalue weighted by Gasteiger charge is 2.34. The number of hydrogen-bond acceptors (Lipinski definition) is 15. The van der Waals surface area contributed by atoms with Gasteiger partial charge in [-0.1, -0.05) is 24.3 Å². The van der Waals surface area contributed by atoms with Crippen molar-refractivity contribution in [2.24, 2.45) is 10.2 Å². The van der Waals surface area contributed by atoms with Crippen molar-refractivity contribution in [3.8, 4) is 11.5 Å². The second-order valence-electron chi connectivity index (χ2n) is 11.9. The zero-order chi connectivity index (χ0) is 41.4. The average Bonchev–Trinajstić information content (AvgIpc) is 3.15. The lowest BCUT2D eigenvalue weighted by Crippen LogP contribution is -2.28. The predicted molar refractivity (Wildman–Crippen MR) is 206 cm³/mol. The number of benzene rings is 4. The molecule has 0 saturated heterocycles. The van der Waals surface area contributed by atoms with E-state index in [2.05, 4.69) is 26.4 Å². The van der Waals surface area contributed by atoms with Crippen molar-refractivity contribution in [3.05, 3.63) is 112 Å². The zero-order valence-corrected chi connectivity index (χ0v) is 31.6. The number of carbonyl (C=O) groups is 3. The summed E-state index contributed by atoms with van der Waals surface area (Å²) in [6, 6.07) is 14.6. The molecule has 0 atom stereocenters. The number of rotatable bonds is 11. The Bertz CT molecular complexity index is 2870. The van der Waals surface area contributed by atoms with E-state index in [9.17, 15) is 53.3 Å². The molecule has 0 saturated carbocycles. The van der Waals surface area contributed by atoms with Crippen molar-refractivity contribution in [2.75, 3.05) is 30.4 Å². The Hall–Kier alpha value is -6.56. The molecular formula is C35H27N5O14S3. The fraction of sp³-hybridized carbons (Fsp3) is 0.0571. The highest BCUT2D eigenvalue weighted by atomic mass is 32.2. The zero-order valence-electron chi connectivity index (χ0n) is 29.1. The smallest absolute Gasteiger partial charge is 0.296 e. The van der Waals surface area contributed by atoms with Crippen molar-refractivity contribution in [3.63, 3.8) is 0 Å². The van der Waals surface area contributed by atoms with E-state index >= 15 is 0 Å². The van der Waals surface area contributed by atoms with Crippen LogP contribution in [0.25, 0.3) is 12.2 Å². The van der Waals surface area contributed by atoms with E-state index in [-0.39, 0.29) is 56.5 Å². The van der Waals surface area contributed by atoms with Gasteiger partial charge in [-0.2, -0.15) is 35.5 Å². The molecule has 0 radical (unpaired) electrons. The van der Waals surface area contributed by atoms with Crippen LogP contribution >= 0.6 is 0 Å². The van der Waals surface area contributed by atoms with Gasteiger partial charge in [0, 0.05) is 40.1 Å². The van der Waals surface area contributed by atoms with E-state index in [0.717, 1.165) is 42.5 Å². The Balaban J connectivity index is 1.31. The van der Waals surface area contributed by atoms with Gasteiger partial charge >= 0.3 is 0 Å². The van der Waals surface area contributed by atoms with E-state index in [1.807, 2.05) is 0 Å². The number of carbonyl (C=O) groups excluding carboxylic acids is 3. The van der Waals surface area contributed by atoms with Crippen molar-refractivity contribution < 1.29 is 62.8 Å². The molecule has 6 N–H and O–H groups in total. The summed E-state index contributed by atoms with van der Waals surface area (Å²) in [6.07, 6.45) is 3.59. The minimum Gasteiger partial charge on any atom is -0.494 e. The van der Waals surface area contributed by atoms with Gasteiger partial charge < -0.3 is 14.8 Å². The van der Waals surface area contributed by atoms with Crippen molar-refractivity contribution in [2.45, 2.75) is 9.79 Å². The quantitative estimate of drug-likeness (QED) is 0.0926. The molecule has 1 amide bonds. The van der Waals surface area contributed by atoms with Crippen molar-refractivity contribution >= 4 is 88.5 Å². The molecule has 2 aliphatic rings. The summed E-state index contributed by atoms with van der Waals surface area (Å²) in [7, 11) is -11.7. The number of hydrogen-bond donors (Lipinski definition) is 6. The number of ether oxygens (including phenoxy) is 2. The van der Waals surface area contributed by atoms with Crippen LogP contribution in [0, 0.1) is 0 Å². The monoisotopic (exact) mass is 837 g/mol. The Morgan fingerprint density at radius 2 is 1.23 bits per heavy atom. The van der Waals surface area contributed by atoms with Crippen LogP contribution in [0.3, 0.4) is 0 Å². The van der Waals surface area contributed by atoms with Crippen LogP contribution in [0.15, 0.2) is 104 Å². The SMILES string of the molecule is COc1cc(N/N=C2/C(=O)C=Cc3ccc(S(=O)(=O)O)cc32)c(OC)cc1N/N=C1/C(=O)c2cccc(NC(=O)c3ccc(S(=O)(=O)O)cc3)c2C=C1S(=O)(=O)O. The van der Waals surface area contributed by atoms with Crippen LogP contribution in [0.2, 0.25) is 0 Å². The Morgan fingerprint density at radius 1 is 0.649 bits per heavy atom. The first kappa shape index (κ1) is 40.1. The summed E-state index contributed by atoms with van der Waals surface area (Å²) in [5, 5.41) is 10.7. The fourth-order valence-electron chi connectivity index (χ4n) is 5.59. The molecule has 0 spiro atoms. The van der Waals surface area contributed by atoms with Crippen LogP contribution in [0.1, 0.15) is 37.4 Å². The van der Waals surface area contributed by atoms with Crippen molar-refractivity contribution in [1.29, 1.82) is 0 Å². The van der Waals surface area contributed by atoms with Gasteiger partial charge in [0.2, 0.25) is 11.6 Å². The molecule has 6 rings (SSSR count). The van der Waals surface area contributed by atoms with E-state index in [1.165, 1.54) is 62.8 Å². The second-order valence-corrected chi connectivity index (χ2v) is 16.1. The third-order valence-corrected chi connectivity index (χ3v) is 10.9. The minimum absolute atomic E-state index is 0.00850. The van der Waals surface area contributed by atoms with Gasteiger partial charge in [0.15, 0.2) is 5.71 Å². The van der Waals surface area contributed by atoms with E-state index in [1.54, 1.807) is 0 Å². The van der Waals surface area contributed by atoms with Crippen LogP contribution in [0.4, 0.5) is 17.1 Å². The molecule has 0 bridgehead atoms. The molecule has 0 aliphatic heterocycles. The molecule has 0 heterocycles. The maximum absolute atomic E-state index is 13.8. The summed E-state index contributed by atoms with van der Waals surface area (Å²) in [6.45, 7) is 0. The van der Waals surface area contributed by atoms with Crippen LogP contribution in [-0.2, 0) is 35.1 Å². The number of amides is 1. The summed E-state index contributed by atoms with van der Waals surface area (Å²) < 4.78 is 111. The Kier molecular flexibility index (Phi) is 10.7. The molecule has 294 valence electrons. The lowest BCUT2D eigenvalue weighted by atomic mass is 9.93. The van der Waals surface area contributed by atoms with Crippen molar-refractivity contribution in [1.82, 2.24) is 0 Å². The van der Waals surface area contributed by atoms with Gasteiger partial charge in [0.1, 0.15) is 33.5 Å². The standard InChI is InChI=1S/C35H27N5O14S3/c1-53-29-17-27(30(54-2)16-26(29)37-39-32-23-14-21(56(47,48)49)12-6-18(23)9-13-28(32)41)38-40-33-31(57(50,51)52)15-24-22(34(33)42)4-3-5-25(24)36-35(43)19-7-10-20(11-8-19)55(44,45)46/h3-17,37-38H,1-2H3,(H,36,43)(H,44,45,46)(H,47,48,49)(H,50,51,52)/b39-32+,40-33+. The molecule has 0 aromatic heterocycles. The fourth-order valence-corrected chi connectivity index (χ4v) is 7.22. The maximum Gasteiger partial charge on any atom is 0.296 e. The van der Waals surface area contributed by atoms with E-state index in [4.69, 9.17) is 9.47 Å². The number of Topliss-reactive ketones (excluding diaryl/α,β-unsaturated/α-hetero) is 1. The summed E-state index contributed by atoms with van der Waals surface area (Å²) in [5.41, 5.74) is 4.59. The first-order valence-electron chi connectivity index (χ1n) is 15.8.